The van der Waals surface area contributed by atoms with Crippen molar-refractivity contribution in [2.45, 2.75) is 19.5 Å². The minimum absolute atomic E-state index is 0.152. The highest BCUT2D eigenvalue weighted by molar-refractivity contribution is 9.11. The van der Waals surface area contributed by atoms with Crippen LogP contribution in [0, 0.1) is 0 Å². The normalized spacial score (nSPS) is 17.8. The average molecular weight is 439 g/mol. The molecule has 1 aliphatic heterocycles. The second-order valence-electron chi connectivity index (χ2n) is 6.13. The lowest BCUT2D eigenvalue weighted by molar-refractivity contribution is 0.0851. The molecule has 1 saturated heterocycles. The quantitative estimate of drug-likeness (QED) is 0.586. The van der Waals surface area contributed by atoms with Gasteiger partial charge in [0, 0.05) is 37.6 Å². The predicted octanol–water partition coefficient (Wildman–Crippen LogP) is 4.50. The van der Waals surface area contributed by atoms with E-state index in [1.807, 2.05) is 28.8 Å². The fraction of sp³-hybridized carbons (Fsp3) is 0.412. The number of nitrogens with zero attached hydrogens (tertiary/aromatic N) is 4. The lowest BCUT2D eigenvalue weighted by Crippen LogP contribution is -2.46. The fourth-order valence-electron chi connectivity index (χ4n) is 3.03. The lowest BCUT2D eigenvalue weighted by Gasteiger charge is -2.36. The molecule has 8 heteroatoms. The summed E-state index contributed by atoms with van der Waals surface area (Å²) in [4.78, 5) is 12.0. The molecule has 0 aromatic carbocycles. The van der Waals surface area contributed by atoms with Crippen molar-refractivity contribution < 1.29 is 4.52 Å². The maximum absolute atomic E-state index is 5.52. The molecule has 25 heavy (non-hydrogen) atoms. The van der Waals surface area contributed by atoms with Gasteiger partial charge in [-0.25, -0.2) is 0 Å². The number of rotatable bonds is 5. The Hall–Kier alpha value is -1.06. The Morgan fingerprint density at radius 3 is 2.76 bits per heavy atom. The van der Waals surface area contributed by atoms with E-state index in [-0.39, 0.29) is 6.04 Å². The van der Waals surface area contributed by atoms with E-state index in [1.165, 1.54) is 8.66 Å². The highest BCUT2D eigenvalue weighted by atomic mass is 79.9. The fourth-order valence-corrected chi connectivity index (χ4v) is 5.21. The van der Waals surface area contributed by atoms with E-state index in [9.17, 15) is 0 Å². The van der Waals surface area contributed by atoms with E-state index < -0.39 is 0 Å². The third-order valence-corrected chi connectivity index (χ3v) is 6.98. The molecule has 4 rings (SSSR count). The monoisotopic (exact) mass is 438 g/mol. The molecule has 0 spiro atoms. The van der Waals surface area contributed by atoms with Crippen LogP contribution < -0.4 is 0 Å². The van der Waals surface area contributed by atoms with Crippen LogP contribution in [0.4, 0.5) is 0 Å². The molecule has 4 heterocycles. The molecule has 0 radical (unpaired) electrons. The summed E-state index contributed by atoms with van der Waals surface area (Å²) in [5.41, 5.74) is 0. The predicted molar refractivity (Wildman–Crippen MR) is 105 cm³/mol. The first kappa shape index (κ1) is 17.4. The van der Waals surface area contributed by atoms with Gasteiger partial charge in [0.1, 0.15) is 0 Å². The van der Waals surface area contributed by atoms with Crippen LogP contribution in [0.2, 0.25) is 0 Å². The molecular formula is C17H19BrN4OS2. The highest BCUT2D eigenvalue weighted by Crippen LogP contribution is 2.27. The van der Waals surface area contributed by atoms with E-state index in [2.05, 4.69) is 54.9 Å². The molecule has 5 nitrogen and oxygen atoms in total. The Morgan fingerprint density at radius 1 is 1.24 bits per heavy atom. The zero-order valence-corrected chi connectivity index (χ0v) is 17.1. The Bertz CT molecular complexity index is 808. The number of hydrogen-bond donors (Lipinski definition) is 0. The van der Waals surface area contributed by atoms with Crippen LogP contribution >= 0.6 is 38.6 Å². The van der Waals surface area contributed by atoms with Crippen LogP contribution in [0.5, 0.6) is 0 Å². The van der Waals surface area contributed by atoms with Gasteiger partial charge in [0.2, 0.25) is 11.7 Å². The van der Waals surface area contributed by atoms with Crippen LogP contribution in [0.25, 0.3) is 10.7 Å². The van der Waals surface area contributed by atoms with Gasteiger partial charge in [-0.15, -0.1) is 22.7 Å². The summed E-state index contributed by atoms with van der Waals surface area (Å²) < 4.78 is 6.72. The van der Waals surface area contributed by atoms with Crippen molar-refractivity contribution in [1.82, 2.24) is 19.9 Å². The van der Waals surface area contributed by atoms with E-state index in [1.54, 1.807) is 11.3 Å². The van der Waals surface area contributed by atoms with Gasteiger partial charge < -0.3 is 4.52 Å². The molecular weight excluding hydrogens is 420 g/mol. The van der Waals surface area contributed by atoms with Crippen LogP contribution in [0.1, 0.15) is 23.7 Å². The summed E-state index contributed by atoms with van der Waals surface area (Å²) in [7, 11) is 0. The number of aromatic nitrogens is 2. The molecule has 1 fully saturated rings. The molecule has 1 unspecified atom stereocenters. The van der Waals surface area contributed by atoms with Gasteiger partial charge in [-0.3, -0.25) is 9.80 Å². The van der Waals surface area contributed by atoms with E-state index in [0.29, 0.717) is 11.7 Å². The van der Waals surface area contributed by atoms with Crippen molar-refractivity contribution in [2.75, 3.05) is 26.2 Å². The molecule has 0 saturated carbocycles. The van der Waals surface area contributed by atoms with E-state index in [0.717, 1.165) is 37.6 Å². The van der Waals surface area contributed by atoms with Gasteiger partial charge >= 0.3 is 0 Å². The SMILES string of the molecule is CC(c1nc(-c2cccs2)no1)N1CCN(Cc2ccc(Br)s2)CC1. The standard InChI is InChI=1S/C17H19BrN4OS2/c1-12(17-19-16(20-23-17)14-3-2-10-24-14)22-8-6-21(7-9-22)11-13-4-5-15(18)25-13/h2-5,10,12H,6-9,11H2,1H3. The average Bonchev–Trinajstić information content (AvgIpc) is 3.36. The third-order valence-electron chi connectivity index (χ3n) is 4.50. The Morgan fingerprint density at radius 2 is 2.08 bits per heavy atom. The van der Waals surface area contributed by atoms with Gasteiger partial charge in [-0.1, -0.05) is 11.2 Å². The van der Waals surface area contributed by atoms with Crippen LogP contribution in [-0.2, 0) is 6.54 Å². The number of hydrogen-bond acceptors (Lipinski definition) is 7. The smallest absolute Gasteiger partial charge is 0.244 e. The van der Waals surface area contributed by atoms with Crippen molar-refractivity contribution in [2.24, 2.45) is 0 Å². The molecule has 0 N–H and O–H groups in total. The Kier molecular flexibility index (Phi) is 5.33. The minimum Gasteiger partial charge on any atom is -0.337 e. The maximum Gasteiger partial charge on any atom is 0.244 e. The van der Waals surface area contributed by atoms with E-state index in [4.69, 9.17) is 4.52 Å². The summed E-state index contributed by atoms with van der Waals surface area (Å²) in [6, 6.07) is 8.50. The Balaban J connectivity index is 1.34. The molecule has 0 amide bonds. The molecule has 3 aromatic heterocycles. The third kappa shape index (κ3) is 4.03. The zero-order valence-electron chi connectivity index (χ0n) is 13.9. The van der Waals surface area contributed by atoms with Gasteiger partial charge in [0.15, 0.2) is 0 Å². The van der Waals surface area contributed by atoms with Gasteiger partial charge in [-0.05, 0) is 46.4 Å². The number of halogens is 1. The van der Waals surface area contributed by atoms with Crippen LogP contribution in [-0.4, -0.2) is 46.1 Å². The molecule has 1 aliphatic rings. The van der Waals surface area contributed by atoms with Gasteiger partial charge in [0.05, 0.1) is 14.7 Å². The van der Waals surface area contributed by atoms with Crippen molar-refractivity contribution in [3.63, 3.8) is 0 Å². The van der Waals surface area contributed by atoms with Crippen LogP contribution in [0.15, 0.2) is 38.0 Å². The summed E-state index contributed by atoms with van der Waals surface area (Å²) in [5.74, 6) is 1.40. The van der Waals surface area contributed by atoms with Crippen molar-refractivity contribution in [1.29, 1.82) is 0 Å². The van der Waals surface area contributed by atoms with Crippen molar-refractivity contribution in [3.05, 3.63) is 44.2 Å². The number of piperazine rings is 1. The Labute approximate surface area is 163 Å². The van der Waals surface area contributed by atoms with Gasteiger partial charge in [-0.2, -0.15) is 4.98 Å². The molecule has 3 aromatic rings. The minimum atomic E-state index is 0.152. The van der Waals surface area contributed by atoms with Gasteiger partial charge in [0.25, 0.3) is 0 Å². The van der Waals surface area contributed by atoms with E-state index >= 15 is 0 Å². The summed E-state index contributed by atoms with van der Waals surface area (Å²) in [6.07, 6.45) is 0. The summed E-state index contributed by atoms with van der Waals surface area (Å²) >= 11 is 6.98. The molecule has 0 bridgehead atoms. The topological polar surface area (TPSA) is 45.4 Å². The second-order valence-corrected chi connectivity index (χ2v) is 9.62. The molecule has 1 atom stereocenters. The second kappa shape index (κ2) is 7.67. The molecule has 132 valence electrons. The summed E-state index contributed by atoms with van der Waals surface area (Å²) in [6.45, 7) is 7.34. The first-order valence-corrected chi connectivity index (χ1v) is 10.8. The van der Waals surface area contributed by atoms with Crippen LogP contribution in [0.3, 0.4) is 0 Å². The molecule has 0 aliphatic carbocycles. The van der Waals surface area contributed by atoms with Crippen molar-refractivity contribution >= 4 is 38.6 Å². The first-order chi connectivity index (χ1) is 12.2. The number of thiophene rings is 2. The first-order valence-electron chi connectivity index (χ1n) is 8.27. The summed E-state index contributed by atoms with van der Waals surface area (Å²) in [5, 5.41) is 6.16. The van der Waals surface area contributed by atoms with Crippen molar-refractivity contribution in [3.8, 4) is 10.7 Å². The lowest BCUT2D eigenvalue weighted by atomic mass is 10.2. The largest absolute Gasteiger partial charge is 0.337 e. The maximum atomic E-state index is 5.52. The highest BCUT2D eigenvalue weighted by Gasteiger charge is 2.26. The zero-order chi connectivity index (χ0) is 17.2.